The van der Waals surface area contributed by atoms with Gasteiger partial charge in [0.05, 0.1) is 0 Å². The Morgan fingerprint density at radius 3 is 2.17 bits per heavy atom. The molecule has 0 N–H and O–H groups in total. The lowest BCUT2D eigenvalue weighted by atomic mass is 9.72. The lowest BCUT2D eigenvalue weighted by molar-refractivity contribution is 0.282. The summed E-state index contributed by atoms with van der Waals surface area (Å²) in [7, 11) is 0. The summed E-state index contributed by atoms with van der Waals surface area (Å²) >= 11 is 0. The van der Waals surface area contributed by atoms with Crippen LogP contribution < -0.4 is 0 Å². The van der Waals surface area contributed by atoms with Gasteiger partial charge in [0.15, 0.2) is 0 Å². The van der Waals surface area contributed by atoms with Crippen molar-refractivity contribution in [2.24, 2.45) is 11.3 Å². The predicted octanol–water partition coefficient (Wildman–Crippen LogP) is 5.32. The van der Waals surface area contributed by atoms with Gasteiger partial charge >= 0.3 is 0 Å². The first-order chi connectivity index (χ1) is 8.80. The number of benzene rings is 1. The molecule has 0 saturated heterocycles. The van der Waals surface area contributed by atoms with Gasteiger partial charge in [0.2, 0.25) is 0 Å². The number of hydrogen-bond donors (Lipinski definition) is 0. The fourth-order valence-corrected chi connectivity index (χ4v) is 3.75. The van der Waals surface area contributed by atoms with Crippen LogP contribution in [0.2, 0.25) is 0 Å². The van der Waals surface area contributed by atoms with Crippen molar-refractivity contribution in [3.8, 4) is 0 Å². The molecule has 2 aliphatic carbocycles. The Balaban J connectivity index is 1.86. The molecule has 1 aromatic carbocycles. The maximum absolute atomic E-state index is 2.50. The maximum Gasteiger partial charge on any atom is -0.00794 e. The minimum absolute atomic E-state index is 0.594. The summed E-state index contributed by atoms with van der Waals surface area (Å²) in [6.07, 6.45) is 13.0. The summed E-state index contributed by atoms with van der Waals surface area (Å²) in [4.78, 5) is 0. The van der Waals surface area contributed by atoms with Crippen molar-refractivity contribution in [1.82, 2.24) is 0 Å². The quantitative estimate of drug-likeness (QED) is 0.627. The van der Waals surface area contributed by atoms with Crippen LogP contribution in [0.4, 0.5) is 0 Å². The number of allylic oxidation sites excluding steroid dienone is 2. The van der Waals surface area contributed by atoms with E-state index in [2.05, 4.69) is 49.4 Å². The Hall–Kier alpha value is -1.04. The summed E-state index contributed by atoms with van der Waals surface area (Å²) in [5.41, 5.74) is 2.18. The van der Waals surface area contributed by atoms with E-state index >= 15 is 0 Å². The van der Waals surface area contributed by atoms with Gasteiger partial charge in [-0.2, -0.15) is 0 Å². The zero-order valence-corrected chi connectivity index (χ0v) is 11.4. The summed E-state index contributed by atoms with van der Waals surface area (Å²) in [5, 5.41) is 0. The van der Waals surface area contributed by atoms with Crippen molar-refractivity contribution in [2.45, 2.75) is 51.4 Å². The Kier molecular flexibility index (Phi) is 3.28. The van der Waals surface area contributed by atoms with Crippen LogP contribution in [0, 0.1) is 11.3 Å². The fraction of sp³-hybridized carbons (Fsp3) is 0.556. The molecule has 0 amide bonds. The summed E-state index contributed by atoms with van der Waals surface area (Å²) in [6.45, 7) is 2.50. The van der Waals surface area contributed by atoms with Gasteiger partial charge in [0.1, 0.15) is 0 Å². The predicted molar refractivity (Wildman–Crippen MR) is 77.6 cm³/mol. The molecule has 2 aliphatic rings. The van der Waals surface area contributed by atoms with Crippen LogP contribution in [0.25, 0.3) is 0 Å². The molecule has 1 fully saturated rings. The van der Waals surface area contributed by atoms with Gasteiger partial charge in [-0.05, 0) is 61.3 Å². The molecule has 1 unspecified atom stereocenters. The van der Waals surface area contributed by atoms with Crippen molar-refractivity contribution >= 4 is 0 Å². The van der Waals surface area contributed by atoms with E-state index in [-0.39, 0.29) is 0 Å². The van der Waals surface area contributed by atoms with E-state index in [4.69, 9.17) is 0 Å². The molecular formula is C18H24. The Morgan fingerprint density at radius 1 is 1.00 bits per heavy atom. The average molecular weight is 240 g/mol. The molecule has 3 rings (SSSR count). The van der Waals surface area contributed by atoms with Crippen molar-refractivity contribution in [3.63, 3.8) is 0 Å². The highest BCUT2D eigenvalue weighted by Crippen LogP contribution is 2.59. The van der Waals surface area contributed by atoms with Gasteiger partial charge in [0.25, 0.3) is 0 Å². The van der Waals surface area contributed by atoms with Gasteiger partial charge < -0.3 is 0 Å². The maximum atomic E-state index is 2.50. The summed E-state index contributed by atoms with van der Waals surface area (Å²) in [6, 6.07) is 11.3. The minimum Gasteiger partial charge on any atom is -0.0885 e. The Labute approximate surface area is 111 Å². The molecule has 0 aromatic heterocycles. The van der Waals surface area contributed by atoms with E-state index in [1.165, 1.54) is 38.5 Å². The van der Waals surface area contributed by atoms with E-state index in [1.54, 1.807) is 5.56 Å². The van der Waals surface area contributed by atoms with Crippen molar-refractivity contribution in [3.05, 3.63) is 48.0 Å². The largest absolute Gasteiger partial charge is 0.0885 e. The molecule has 0 bridgehead atoms. The van der Waals surface area contributed by atoms with Crippen LogP contribution in [-0.2, 0) is 0 Å². The van der Waals surface area contributed by atoms with Crippen LogP contribution >= 0.6 is 0 Å². The topological polar surface area (TPSA) is 0 Å². The molecule has 0 aliphatic heterocycles. The summed E-state index contributed by atoms with van der Waals surface area (Å²) < 4.78 is 0. The SMILES string of the molecule is CC1(C(c2ccccc2)C2CCC=CCC2)CC1. The van der Waals surface area contributed by atoms with Crippen molar-refractivity contribution in [2.75, 3.05) is 0 Å². The zero-order chi connectivity index (χ0) is 12.4. The van der Waals surface area contributed by atoms with Crippen LogP contribution in [-0.4, -0.2) is 0 Å². The first kappa shape index (κ1) is 12.0. The van der Waals surface area contributed by atoms with Crippen LogP contribution in [0.3, 0.4) is 0 Å². The smallest absolute Gasteiger partial charge is 0.00794 e. The standard InChI is InChI=1S/C18H24/c1-18(13-14-18)17(16-11-7-4-8-12-16)15-9-5-2-3-6-10-15/h2-4,7-8,11-12,15,17H,5-6,9-10,13-14H2,1H3. The van der Waals surface area contributed by atoms with E-state index in [9.17, 15) is 0 Å². The Bertz CT molecular complexity index is 401. The van der Waals surface area contributed by atoms with E-state index in [0.29, 0.717) is 5.41 Å². The molecular weight excluding hydrogens is 216 g/mol. The third-order valence-electron chi connectivity index (χ3n) is 4.99. The molecule has 0 heterocycles. The molecule has 1 saturated carbocycles. The van der Waals surface area contributed by atoms with E-state index in [0.717, 1.165) is 11.8 Å². The van der Waals surface area contributed by atoms with Gasteiger partial charge in [0, 0.05) is 0 Å². The van der Waals surface area contributed by atoms with Gasteiger partial charge in [-0.3, -0.25) is 0 Å². The van der Waals surface area contributed by atoms with Crippen molar-refractivity contribution < 1.29 is 0 Å². The average Bonchev–Trinajstić information content (AvgIpc) is 3.16. The molecule has 0 spiro atoms. The van der Waals surface area contributed by atoms with Gasteiger partial charge in [-0.15, -0.1) is 0 Å². The van der Waals surface area contributed by atoms with Gasteiger partial charge in [-0.25, -0.2) is 0 Å². The zero-order valence-electron chi connectivity index (χ0n) is 11.4. The Morgan fingerprint density at radius 2 is 1.61 bits per heavy atom. The summed E-state index contributed by atoms with van der Waals surface area (Å²) in [5.74, 6) is 1.67. The number of rotatable bonds is 3. The number of hydrogen-bond acceptors (Lipinski definition) is 0. The van der Waals surface area contributed by atoms with Gasteiger partial charge in [-0.1, -0.05) is 49.4 Å². The lowest BCUT2D eigenvalue weighted by Gasteiger charge is -2.32. The highest BCUT2D eigenvalue weighted by atomic mass is 14.5. The van der Waals surface area contributed by atoms with E-state index in [1.807, 2.05) is 0 Å². The second kappa shape index (κ2) is 4.91. The monoisotopic (exact) mass is 240 g/mol. The minimum atomic E-state index is 0.594. The fourth-order valence-electron chi connectivity index (χ4n) is 3.75. The normalized spacial score (nSPS) is 24.5. The van der Waals surface area contributed by atoms with E-state index < -0.39 is 0 Å². The highest BCUT2D eigenvalue weighted by molar-refractivity contribution is 5.25. The van der Waals surface area contributed by atoms with Crippen LogP contribution in [0.5, 0.6) is 0 Å². The second-order valence-corrected chi connectivity index (χ2v) is 6.43. The highest BCUT2D eigenvalue weighted by Gasteiger charge is 2.47. The molecule has 96 valence electrons. The van der Waals surface area contributed by atoms with Crippen LogP contribution in [0.1, 0.15) is 56.9 Å². The molecule has 1 aromatic rings. The molecule has 1 atom stereocenters. The van der Waals surface area contributed by atoms with Crippen molar-refractivity contribution in [1.29, 1.82) is 0 Å². The third kappa shape index (κ3) is 2.39. The molecule has 0 radical (unpaired) electrons. The third-order valence-corrected chi connectivity index (χ3v) is 4.99. The second-order valence-electron chi connectivity index (χ2n) is 6.43. The van der Waals surface area contributed by atoms with Crippen LogP contribution in [0.15, 0.2) is 42.5 Å². The lowest BCUT2D eigenvalue weighted by Crippen LogP contribution is -2.21. The molecule has 0 nitrogen and oxygen atoms in total. The first-order valence-corrected chi connectivity index (χ1v) is 7.49. The molecule has 0 heteroatoms. The molecule has 18 heavy (non-hydrogen) atoms. The first-order valence-electron chi connectivity index (χ1n) is 7.49.